The summed E-state index contributed by atoms with van der Waals surface area (Å²) in [4.78, 5) is 12.5. The third kappa shape index (κ3) is 4.30. The maximum Gasteiger partial charge on any atom is 0.434 e. The Labute approximate surface area is 135 Å². The summed E-state index contributed by atoms with van der Waals surface area (Å²) in [6.07, 6.45) is -16.9. The van der Waals surface area contributed by atoms with Crippen LogP contribution in [-0.2, 0) is 17.7 Å². The minimum atomic E-state index is -5.72. The molecule has 0 radical (unpaired) electrons. The summed E-state index contributed by atoms with van der Waals surface area (Å²) in [5.41, 5.74) is 1.51. The van der Waals surface area contributed by atoms with Crippen molar-refractivity contribution in [1.29, 1.82) is 0 Å². The molecule has 1 amide bonds. The van der Waals surface area contributed by atoms with Crippen LogP contribution < -0.4 is 0 Å². The molecule has 1 aromatic carbocycles. The van der Waals surface area contributed by atoms with Gasteiger partial charge in [0, 0.05) is 17.6 Å². The normalized spacial score (nSPS) is 15.6. The molecule has 1 aliphatic heterocycles. The first-order valence-corrected chi connectivity index (χ1v) is 7.14. The van der Waals surface area contributed by atoms with Crippen molar-refractivity contribution in [3.63, 3.8) is 0 Å². The minimum absolute atomic E-state index is 0.0231. The Kier molecular flexibility index (Phi) is 4.84. The Hall–Kier alpha value is -1.45. The van der Waals surface area contributed by atoms with Crippen molar-refractivity contribution < 1.29 is 35.9 Å². The second kappa shape index (κ2) is 6.21. The van der Waals surface area contributed by atoms with E-state index in [0.717, 1.165) is 14.9 Å². The molecule has 1 heterocycles. The molecule has 23 heavy (non-hydrogen) atoms. The van der Waals surface area contributed by atoms with Crippen LogP contribution >= 0.6 is 15.9 Å². The number of carbonyl (C=O) groups excluding carboxylic acids is 1. The van der Waals surface area contributed by atoms with E-state index in [1.165, 1.54) is 0 Å². The molecule has 0 aliphatic carbocycles. The number of ether oxygens (including phenoxy) is 1. The van der Waals surface area contributed by atoms with E-state index in [-0.39, 0.29) is 13.1 Å². The van der Waals surface area contributed by atoms with Crippen molar-refractivity contribution in [1.82, 2.24) is 4.90 Å². The van der Waals surface area contributed by atoms with Crippen LogP contribution in [0.5, 0.6) is 0 Å². The average Bonchev–Trinajstić information content (AvgIpc) is 2.41. The SMILES string of the molecule is O=C(OC(C(F)(F)F)C(F)(F)F)N1CCc2cc(Br)ccc2C1. The quantitative estimate of drug-likeness (QED) is 0.646. The van der Waals surface area contributed by atoms with Gasteiger partial charge in [0.15, 0.2) is 0 Å². The molecule has 128 valence electrons. The van der Waals surface area contributed by atoms with Crippen molar-refractivity contribution in [2.75, 3.05) is 6.54 Å². The summed E-state index contributed by atoms with van der Waals surface area (Å²) in [5.74, 6) is 0. The number of benzene rings is 1. The molecular weight excluding hydrogens is 396 g/mol. The van der Waals surface area contributed by atoms with Crippen LogP contribution in [0, 0.1) is 0 Å². The minimum Gasteiger partial charge on any atom is -0.426 e. The van der Waals surface area contributed by atoms with Crippen LogP contribution in [0.3, 0.4) is 0 Å². The van der Waals surface area contributed by atoms with E-state index in [0.29, 0.717) is 12.0 Å². The van der Waals surface area contributed by atoms with Gasteiger partial charge < -0.3 is 9.64 Å². The molecule has 0 fully saturated rings. The number of amides is 1. The van der Waals surface area contributed by atoms with E-state index in [1.807, 2.05) is 0 Å². The van der Waals surface area contributed by atoms with E-state index in [1.54, 1.807) is 18.2 Å². The molecule has 0 atom stereocenters. The van der Waals surface area contributed by atoms with Crippen LogP contribution in [0.4, 0.5) is 31.1 Å². The fraction of sp³-hybridized carbons (Fsp3) is 0.462. The van der Waals surface area contributed by atoms with E-state index in [2.05, 4.69) is 20.7 Å². The first-order chi connectivity index (χ1) is 10.5. The zero-order valence-corrected chi connectivity index (χ0v) is 12.9. The Bertz CT molecular complexity index is 587. The maximum atomic E-state index is 12.4. The van der Waals surface area contributed by atoms with Gasteiger partial charge in [-0.15, -0.1) is 0 Å². The van der Waals surface area contributed by atoms with E-state index < -0.39 is 24.5 Å². The van der Waals surface area contributed by atoms with Gasteiger partial charge in [-0.25, -0.2) is 4.79 Å². The molecule has 0 bridgehead atoms. The summed E-state index contributed by atoms with van der Waals surface area (Å²) >= 11 is 3.26. The largest absolute Gasteiger partial charge is 0.434 e. The van der Waals surface area contributed by atoms with Crippen molar-refractivity contribution >= 4 is 22.0 Å². The van der Waals surface area contributed by atoms with Gasteiger partial charge in [0.25, 0.3) is 6.10 Å². The third-order valence-electron chi connectivity index (χ3n) is 3.25. The van der Waals surface area contributed by atoms with Crippen LogP contribution in [-0.4, -0.2) is 36.0 Å². The number of hydrogen-bond acceptors (Lipinski definition) is 2. The van der Waals surface area contributed by atoms with E-state index in [4.69, 9.17) is 0 Å². The number of rotatable bonds is 1. The lowest BCUT2D eigenvalue weighted by Gasteiger charge is -2.31. The first-order valence-electron chi connectivity index (χ1n) is 6.35. The summed E-state index contributed by atoms with van der Waals surface area (Å²) < 4.78 is 78.9. The second-order valence-electron chi connectivity index (χ2n) is 4.93. The van der Waals surface area contributed by atoms with E-state index >= 15 is 0 Å². The number of alkyl halides is 6. The molecular formula is C13H10BrF6NO2. The molecule has 3 nitrogen and oxygen atoms in total. The highest BCUT2D eigenvalue weighted by Crippen LogP contribution is 2.36. The zero-order valence-electron chi connectivity index (χ0n) is 11.3. The molecule has 0 unspecified atom stereocenters. The summed E-state index contributed by atoms with van der Waals surface area (Å²) in [7, 11) is 0. The fourth-order valence-electron chi connectivity index (χ4n) is 2.17. The van der Waals surface area contributed by atoms with Gasteiger partial charge in [-0.2, -0.15) is 26.3 Å². The van der Waals surface area contributed by atoms with Crippen molar-refractivity contribution in [2.45, 2.75) is 31.4 Å². The molecule has 0 aromatic heterocycles. The number of fused-ring (bicyclic) bond motifs is 1. The number of carbonyl (C=O) groups is 1. The maximum absolute atomic E-state index is 12.4. The number of halogens is 7. The van der Waals surface area contributed by atoms with Gasteiger partial charge >= 0.3 is 18.4 Å². The third-order valence-corrected chi connectivity index (χ3v) is 3.75. The summed E-state index contributed by atoms with van der Waals surface area (Å²) in [6.45, 7) is -0.130. The van der Waals surface area contributed by atoms with Gasteiger partial charge in [-0.3, -0.25) is 0 Å². The molecule has 0 N–H and O–H groups in total. The molecule has 2 rings (SSSR count). The Balaban J connectivity index is 2.11. The number of nitrogens with zero attached hydrogens (tertiary/aromatic N) is 1. The highest BCUT2D eigenvalue weighted by atomic mass is 79.9. The standard InChI is InChI=1S/C13H10BrF6NO2/c14-9-2-1-8-6-21(4-3-7(8)5-9)11(22)23-10(12(15,16)17)13(18,19)20/h1-2,5,10H,3-4,6H2. The lowest BCUT2D eigenvalue weighted by Crippen LogP contribution is -2.48. The van der Waals surface area contributed by atoms with Gasteiger partial charge in [0.05, 0.1) is 0 Å². The van der Waals surface area contributed by atoms with Crippen LogP contribution in [0.1, 0.15) is 11.1 Å². The van der Waals surface area contributed by atoms with Gasteiger partial charge in [-0.1, -0.05) is 22.0 Å². The Morgan fingerprint density at radius 2 is 1.74 bits per heavy atom. The predicted molar refractivity (Wildman–Crippen MR) is 70.6 cm³/mol. The Morgan fingerprint density at radius 1 is 1.13 bits per heavy atom. The molecule has 0 spiro atoms. The van der Waals surface area contributed by atoms with Gasteiger partial charge in [0.1, 0.15) is 0 Å². The lowest BCUT2D eigenvalue weighted by molar-refractivity contribution is -0.308. The smallest absolute Gasteiger partial charge is 0.426 e. The van der Waals surface area contributed by atoms with Crippen LogP contribution in [0.25, 0.3) is 0 Å². The highest BCUT2D eigenvalue weighted by Gasteiger charge is 2.60. The second-order valence-corrected chi connectivity index (χ2v) is 5.85. The zero-order chi connectivity index (χ0) is 17.4. The molecule has 1 aliphatic rings. The fourth-order valence-corrected chi connectivity index (χ4v) is 2.58. The van der Waals surface area contributed by atoms with Crippen molar-refractivity contribution in [2.24, 2.45) is 0 Å². The van der Waals surface area contributed by atoms with Crippen molar-refractivity contribution in [3.8, 4) is 0 Å². The first kappa shape index (κ1) is 17.9. The highest BCUT2D eigenvalue weighted by molar-refractivity contribution is 9.10. The predicted octanol–water partition coefficient (Wildman–Crippen LogP) is 4.44. The van der Waals surface area contributed by atoms with Gasteiger partial charge in [-0.05, 0) is 29.7 Å². The van der Waals surface area contributed by atoms with Crippen LogP contribution in [0.2, 0.25) is 0 Å². The Morgan fingerprint density at radius 3 is 2.30 bits per heavy atom. The molecule has 10 heteroatoms. The molecule has 0 saturated heterocycles. The van der Waals surface area contributed by atoms with Crippen LogP contribution in [0.15, 0.2) is 22.7 Å². The summed E-state index contributed by atoms with van der Waals surface area (Å²) in [5, 5.41) is 0. The topological polar surface area (TPSA) is 29.5 Å². The van der Waals surface area contributed by atoms with Crippen molar-refractivity contribution in [3.05, 3.63) is 33.8 Å². The summed E-state index contributed by atoms with van der Waals surface area (Å²) in [6, 6.07) is 5.10. The number of hydrogen-bond donors (Lipinski definition) is 0. The average molecular weight is 406 g/mol. The van der Waals surface area contributed by atoms with E-state index in [9.17, 15) is 31.1 Å². The molecule has 0 saturated carbocycles. The molecule has 1 aromatic rings. The van der Waals surface area contributed by atoms with Gasteiger partial charge in [0.2, 0.25) is 0 Å². The lowest BCUT2D eigenvalue weighted by atomic mass is 10.0. The monoisotopic (exact) mass is 405 g/mol.